The number of nitrogens with zero attached hydrogens (tertiary/aromatic N) is 2. The van der Waals surface area contributed by atoms with E-state index < -0.39 is 0 Å². The number of likely N-dealkylation sites (tertiary alicyclic amines) is 1. The van der Waals surface area contributed by atoms with E-state index in [9.17, 15) is 4.79 Å². The molecule has 1 heterocycles. The van der Waals surface area contributed by atoms with Gasteiger partial charge in [-0.2, -0.15) is 0 Å². The highest BCUT2D eigenvalue weighted by molar-refractivity contribution is 6.09. The van der Waals surface area contributed by atoms with Gasteiger partial charge in [0.2, 0.25) is 0 Å². The van der Waals surface area contributed by atoms with E-state index in [1.54, 1.807) is 0 Å². The molecule has 0 unspecified atom stereocenters. The summed E-state index contributed by atoms with van der Waals surface area (Å²) in [5.41, 5.74) is 3.91. The molecule has 0 saturated carbocycles. The zero-order chi connectivity index (χ0) is 25.7. The van der Waals surface area contributed by atoms with Gasteiger partial charge in [0.05, 0.1) is 6.61 Å². The van der Waals surface area contributed by atoms with E-state index in [0.717, 1.165) is 31.9 Å². The van der Waals surface area contributed by atoms with Crippen molar-refractivity contribution in [3.63, 3.8) is 0 Å². The van der Waals surface area contributed by atoms with Crippen molar-refractivity contribution in [2.45, 2.75) is 58.0 Å². The molecule has 0 radical (unpaired) electrons. The molecular formula is C33H43ClN2O2. The number of rotatable bonds is 14. The lowest BCUT2D eigenvalue weighted by atomic mass is 10.0. The Bertz CT molecular complexity index is 1060. The summed E-state index contributed by atoms with van der Waals surface area (Å²) in [5, 5.41) is 0. The molecule has 1 aliphatic heterocycles. The fourth-order valence-corrected chi connectivity index (χ4v) is 5.06. The standard InChI is InChI=1S/C33H42N2O2.ClH/c1-34(26-28-12-6-4-7-13-28)27-29-14-16-30(17-15-29)33(36)31-18-20-32(21-19-31)37-25-11-3-2-8-22-35-23-9-5-10-24-35;/h4,6-7,12-21H,2-3,5,8-11,22-27H2,1H3;1H. The fraction of sp³-hybridized carbons (Fsp3) is 0.424. The molecule has 1 aliphatic rings. The maximum absolute atomic E-state index is 13.0. The number of halogens is 1. The Labute approximate surface area is 235 Å². The molecule has 0 aromatic heterocycles. The first-order valence-corrected chi connectivity index (χ1v) is 14.0. The molecule has 3 aromatic rings. The Kier molecular flexibility index (Phi) is 12.8. The average Bonchev–Trinajstić information content (AvgIpc) is 2.94. The normalized spacial score (nSPS) is 13.7. The molecule has 38 heavy (non-hydrogen) atoms. The van der Waals surface area contributed by atoms with Crippen molar-refractivity contribution in [3.8, 4) is 5.75 Å². The van der Waals surface area contributed by atoms with Crippen molar-refractivity contribution < 1.29 is 9.53 Å². The molecule has 0 aliphatic carbocycles. The first-order chi connectivity index (χ1) is 18.2. The Morgan fingerprint density at radius 1 is 0.737 bits per heavy atom. The van der Waals surface area contributed by atoms with E-state index in [1.165, 1.54) is 69.3 Å². The average molecular weight is 535 g/mol. The van der Waals surface area contributed by atoms with Crippen LogP contribution in [0, 0.1) is 0 Å². The third-order valence-corrected chi connectivity index (χ3v) is 7.17. The van der Waals surface area contributed by atoms with Crippen molar-refractivity contribution in [3.05, 3.63) is 101 Å². The summed E-state index contributed by atoms with van der Waals surface area (Å²) >= 11 is 0. The van der Waals surface area contributed by atoms with Crippen LogP contribution in [0.15, 0.2) is 78.9 Å². The minimum Gasteiger partial charge on any atom is -0.494 e. The third kappa shape index (κ3) is 9.90. The van der Waals surface area contributed by atoms with Crippen LogP contribution in [-0.4, -0.2) is 48.9 Å². The van der Waals surface area contributed by atoms with Gasteiger partial charge in [-0.25, -0.2) is 0 Å². The second-order valence-corrected chi connectivity index (χ2v) is 10.4. The zero-order valence-corrected chi connectivity index (χ0v) is 23.6. The number of hydrogen-bond acceptors (Lipinski definition) is 4. The van der Waals surface area contributed by atoms with E-state index in [1.807, 2.05) is 42.5 Å². The largest absolute Gasteiger partial charge is 0.494 e. The Balaban J connectivity index is 0.00000400. The molecule has 0 bridgehead atoms. The number of piperidine rings is 1. The van der Waals surface area contributed by atoms with Gasteiger partial charge in [0.15, 0.2) is 5.78 Å². The highest BCUT2D eigenvalue weighted by Gasteiger charge is 2.11. The van der Waals surface area contributed by atoms with E-state index in [-0.39, 0.29) is 18.2 Å². The van der Waals surface area contributed by atoms with Crippen LogP contribution < -0.4 is 4.74 Å². The van der Waals surface area contributed by atoms with Crippen LogP contribution >= 0.6 is 12.4 Å². The minimum absolute atomic E-state index is 0. The smallest absolute Gasteiger partial charge is 0.193 e. The molecule has 0 N–H and O–H groups in total. The topological polar surface area (TPSA) is 32.8 Å². The molecule has 4 nitrogen and oxygen atoms in total. The number of ether oxygens (including phenoxy) is 1. The number of unbranched alkanes of at least 4 members (excludes halogenated alkanes) is 3. The summed E-state index contributed by atoms with van der Waals surface area (Å²) in [6, 6.07) is 26.0. The Morgan fingerprint density at radius 2 is 1.32 bits per heavy atom. The van der Waals surface area contributed by atoms with Crippen molar-refractivity contribution in [1.82, 2.24) is 9.80 Å². The second-order valence-electron chi connectivity index (χ2n) is 10.4. The number of ketones is 1. The first-order valence-electron chi connectivity index (χ1n) is 14.0. The van der Waals surface area contributed by atoms with Gasteiger partial charge in [0.1, 0.15) is 5.75 Å². The van der Waals surface area contributed by atoms with Gasteiger partial charge in [-0.05, 0) is 87.8 Å². The summed E-state index contributed by atoms with van der Waals surface area (Å²) in [5.74, 6) is 0.881. The Hall–Kier alpha value is -2.66. The lowest BCUT2D eigenvalue weighted by molar-refractivity contribution is 0.103. The van der Waals surface area contributed by atoms with Crippen LogP contribution in [0.1, 0.15) is 72.0 Å². The molecule has 4 rings (SSSR count). The predicted octanol–water partition coefficient (Wildman–Crippen LogP) is 7.40. The summed E-state index contributed by atoms with van der Waals surface area (Å²) in [6.07, 6.45) is 9.01. The van der Waals surface area contributed by atoms with Crippen molar-refractivity contribution in [2.75, 3.05) is 33.3 Å². The van der Waals surface area contributed by atoms with Crippen LogP contribution in [0.25, 0.3) is 0 Å². The van der Waals surface area contributed by atoms with Gasteiger partial charge in [0.25, 0.3) is 0 Å². The highest BCUT2D eigenvalue weighted by atomic mass is 35.5. The van der Waals surface area contributed by atoms with E-state index in [4.69, 9.17) is 4.74 Å². The SMILES string of the molecule is CN(Cc1ccccc1)Cc1ccc(C(=O)c2ccc(OCCCCCCN3CCCCC3)cc2)cc1.Cl. The second kappa shape index (κ2) is 16.3. The molecule has 0 spiro atoms. The van der Waals surface area contributed by atoms with Crippen molar-refractivity contribution in [1.29, 1.82) is 0 Å². The fourth-order valence-electron chi connectivity index (χ4n) is 5.06. The molecule has 3 aromatic carbocycles. The Morgan fingerprint density at radius 3 is 1.97 bits per heavy atom. The number of hydrogen-bond donors (Lipinski definition) is 0. The number of benzene rings is 3. The summed E-state index contributed by atoms with van der Waals surface area (Å²) in [6.45, 7) is 6.31. The summed E-state index contributed by atoms with van der Waals surface area (Å²) in [7, 11) is 2.12. The first kappa shape index (κ1) is 29.9. The molecule has 0 atom stereocenters. The van der Waals surface area contributed by atoms with Crippen LogP contribution in [0.5, 0.6) is 5.75 Å². The van der Waals surface area contributed by atoms with E-state index in [2.05, 4.69) is 53.2 Å². The predicted molar refractivity (Wildman–Crippen MR) is 159 cm³/mol. The summed E-state index contributed by atoms with van der Waals surface area (Å²) < 4.78 is 5.91. The summed E-state index contributed by atoms with van der Waals surface area (Å²) in [4.78, 5) is 17.8. The van der Waals surface area contributed by atoms with Crippen LogP contribution in [0.3, 0.4) is 0 Å². The lowest BCUT2D eigenvalue weighted by Gasteiger charge is -2.26. The van der Waals surface area contributed by atoms with Gasteiger partial charge in [-0.1, -0.05) is 73.9 Å². The zero-order valence-electron chi connectivity index (χ0n) is 22.8. The van der Waals surface area contributed by atoms with Gasteiger partial charge < -0.3 is 9.64 Å². The third-order valence-electron chi connectivity index (χ3n) is 7.17. The van der Waals surface area contributed by atoms with Gasteiger partial charge in [-0.3, -0.25) is 9.69 Å². The van der Waals surface area contributed by atoms with Crippen LogP contribution in [-0.2, 0) is 13.1 Å². The van der Waals surface area contributed by atoms with E-state index >= 15 is 0 Å². The molecule has 5 heteroatoms. The molecule has 1 fully saturated rings. The quantitative estimate of drug-likeness (QED) is 0.159. The van der Waals surface area contributed by atoms with Crippen molar-refractivity contribution in [2.24, 2.45) is 0 Å². The lowest BCUT2D eigenvalue weighted by Crippen LogP contribution is -2.30. The maximum atomic E-state index is 13.0. The molecule has 0 amide bonds. The van der Waals surface area contributed by atoms with Crippen LogP contribution in [0.4, 0.5) is 0 Å². The van der Waals surface area contributed by atoms with Crippen LogP contribution in [0.2, 0.25) is 0 Å². The van der Waals surface area contributed by atoms with Gasteiger partial charge >= 0.3 is 0 Å². The number of carbonyl (C=O) groups is 1. The maximum Gasteiger partial charge on any atom is 0.193 e. The molecule has 1 saturated heterocycles. The highest BCUT2D eigenvalue weighted by Crippen LogP contribution is 2.18. The van der Waals surface area contributed by atoms with Gasteiger partial charge in [-0.15, -0.1) is 12.4 Å². The van der Waals surface area contributed by atoms with E-state index in [0.29, 0.717) is 11.1 Å². The van der Waals surface area contributed by atoms with Crippen molar-refractivity contribution >= 4 is 18.2 Å². The molecular weight excluding hydrogens is 492 g/mol. The molecule has 204 valence electrons. The minimum atomic E-state index is 0. The van der Waals surface area contributed by atoms with Gasteiger partial charge in [0, 0.05) is 24.2 Å². The number of carbonyl (C=O) groups excluding carboxylic acids is 1. The monoisotopic (exact) mass is 534 g/mol.